The maximum absolute atomic E-state index is 13.0. The second-order valence-electron chi connectivity index (χ2n) is 4.16. The third-order valence-corrected chi connectivity index (χ3v) is 2.78. The van der Waals surface area contributed by atoms with E-state index in [-0.39, 0.29) is 37.0 Å². The molecule has 0 amide bonds. The van der Waals surface area contributed by atoms with Gasteiger partial charge in [-0.2, -0.15) is 0 Å². The summed E-state index contributed by atoms with van der Waals surface area (Å²) in [4.78, 5) is 22.1. The number of halogens is 2. The smallest absolute Gasteiger partial charge is 0.310 e. The number of aliphatic carboxylic acids is 1. The van der Waals surface area contributed by atoms with Crippen molar-refractivity contribution in [1.82, 2.24) is 0 Å². The van der Waals surface area contributed by atoms with Crippen LogP contribution in [0.3, 0.4) is 0 Å². The van der Waals surface area contributed by atoms with Crippen molar-refractivity contribution in [2.75, 3.05) is 6.61 Å². The number of carbonyl (C=O) groups excluding carboxylic acids is 1. The maximum atomic E-state index is 13.0. The molecule has 1 N–H and O–H groups in total. The number of benzene rings is 1. The minimum Gasteiger partial charge on any atom is -0.481 e. The van der Waals surface area contributed by atoms with Crippen LogP contribution in [0.25, 0.3) is 0 Å². The average molecular weight is 286 g/mol. The highest BCUT2D eigenvalue weighted by atomic mass is 19.3. The van der Waals surface area contributed by atoms with Crippen molar-refractivity contribution in [3.05, 3.63) is 34.9 Å². The predicted molar refractivity (Wildman–Crippen MR) is 67.7 cm³/mol. The zero-order valence-corrected chi connectivity index (χ0v) is 11.1. The van der Waals surface area contributed by atoms with E-state index in [0.717, 1.165) is 0 Å². The lowest BCUT2D eigenvalue weighted by atomic mass is 9.95. The first-order chi connectivity index (χ1) is 9.45. The van der Waals surface area contributed by atoms with Gasteiger partial charge in [-0.1, -0.05) is 18.2 Å². The molecule has 1 aromatic carbocycles. The van der Waals surface area contributed by atoms with Gasteiger partial charge in [-0.15, -0.1) is 0 Å². The minimum absolute atomic E-state index is 0.102. The molecule has 0 radical (unpaired) electrons. The third-order valence-electron chi connectivity index (χ3n) is 2.78. The van der Waals surface area contributed by atoms with E-state index in [1.165, 1.54) is 12.1 Å². The quantitative estimate of drug-likeness (QED) is 0.783. The molecule has 110 valence electrons. The number of aryl methyl sites for hydroxylation is 1. The number of ether oxygens (including phenoxy) is 1. The van der Waals surface area contributed by atoms with Gasteiger partial charge in [0.2, 0.25) is 0 Å². The van der Waals surface area contributed by atoms with Crippen molar-refractivity contribution >= 4 is 11.9 Å². The molecule has 0 fully saturated rings. The van der Waals surface area contributed by atoms with Crippen LogP contribution in [0.4, 0.5) is 8.78 Å². The Morgan fingerprint density at radius 3 is 2.60 bits per heavy atom. The van der Waals surface area contributed by atoms with Crippen molar-refractivity contribution in [2.24, 2.45) is 0 Å². The van der Waals surface area contributed by atoms with E-state index in [2.05, 4.69) is 0 Å². The fraction of sp³-hybridized carbons (Fsp3) is 0.429. The van der Waals surface area contributed by atoms with Crippen LogP contribution < -0.4 is 0 Å². The molecule has 1 rings (SSSR count). The van der Waals surface area contributed by atoms with Crippen molar-refractivity contribution < 1.29 is 28.2 Å². The molecule has 0 unspecified atom stereocenters. The molecule has 1 aromatic rings. The molecule has 4 nitrogen and oxygen atoms in total. The van der Waals surface area contributed by atoms with Gasteiger partial charge in [0.1, 0.15) is 0 Å². The van der Waals surface area contributed by atoms with Gasteiger partial charge >= 0.3 is 11.9 Å². The zero-order valence-electron chi connectivity index (χ0n) is 11.1. The first kappa shape index (κ1) is 16.1. The average Bonchev–Trinajstić information content (AvgIpc) is 2.37. The fourth-order valence-electron chi connectivity index (χ4n) is 1.91. The Bertz CT molecular complexity index is 486. The molecule has 0 saturated heterocycles. The molecule has 0 atom stereocenters. The lowest BCUT2D eigenvalue weighted by Crippen LogP contribution is -2.12. The third kappa shape index (κ3) is 4.60. The van der Waals surface area contributed by atoms with E-state index in [1.54, 1.807) is 13.0 Å². The van der Waals surface area contributed by atoms with Crippen LogP contribution in [0, 0.1) is 0 Å². The summed E-state index contributed by atoms with van der Waals surface area (Å²) in [6.45, 7) is 1.79. The number of carboxylic acid groups (broad SMARTS) is 1. The molecule has 0 spiro atoms. The summed E-state index contributed by atoms with van der Waals surface area (Å²) < 4.78 is 30.7. The van der Waals surface area contributed by atoms with Gasteiger partial charge < -0.3 is 9.84 Å². The lowest BCUT2D eigenvalue weighted by Gasteiger charge is -2.13. The van der Waals surface area contributed by atoms with Gasteiger partial charge in [0.15, 0.2) is 0 Å². The first-order valence-electron chi connectivity index (χ1n) is 6.22. The van der Waals surface area contributed by atoms with Crippen LogP contribution in [-0.2, 0) is 27.2 Å². The van der Waals surface area contributed by atoms with E-state index < -0.39 is 18.4 Å². The lowest BCUT2D eigenvalue weighted by molar-refractivity contribution is -0.142. The van der Waals surface area contributed by atoms with Crippen molar-refractivity contribution in [2.45, 2.75) is 32.6 Å². The van der Waals surface area contributed by atoms with E-state index >= 15 is 0 Å². The van der Waals surface area contributed by atoms with Gasteiger partial charge in [0.05, 0.1) is 13.0 Å². The molecule has 0 aliphatic rings. The molecular weight excluding hydrogens is 270 g/mol. The molecule has 0 heterocycles. The number of carboxylic acids is 1. The van der Waals surface area contributed by atoms with Gasteiger partial charge in [0, 0.05) is 12.0 Å². The number of carbonyl (C=O) groups is 2. The fourth-order valence-corrected chi connectivity index (χ4v) is 1.91. The van der Waals surface area contributed by atoms with Crippen LogP contribution in [0.15, 0.2) is 18.2 Å². The molecular formula is C14H16F2O4. The highest BCUT2D eigenvalue weighted by Crippen LogP contribution is 2.27. The van der Waals surface area contributed by atoms with E-state index in [4.69, 9.17) is 9.84 Å². The van der Waals surface area contributed by atoms with Gasteiger partial charge in [-0.05, 0) is 24.5 Å². The summed E-state index contributed by atoms with van der Waals surface area (Å²) in [6.07, 6.45) is -3.07. The monoisotopic (exact) mass is 286 g/mol. The Kier molecular flexibility index (Phi) is 6.09. The molecule has 6 heteroatoms. The molecule has 20 heavy (non-hydrogen) atoms. The topological polar surface area (TPSA) is 63.6 Å². The maximum Gasteiger partial charge on any atom is 0.310 e. The second-order valence-corrected chi connectivity index (χ2v) is 4.16. The summed E-state index contributed by atoms with van der Waals surface area (Å²) in [5.74, 6) is -1.62. The Morgan fingerprint density at radius 2 is 2.05 bits per heavy atom. The van der Waals surface area contributed by atoms with E-state index in [9.17, 15) is 18.4 Å². The summed E-state index contributed by atoms with van der Waals surface area (Å²) in [7, 11) is 0. The number of rotatable bonds is 7. The van der Waals surface area contributed by atoms with Crippen molar-refractivity contribution in [3.63, 3.8) is 0 Å². The Hall–Kier alpha value is -1.98. The molecule has 0 bridgehead atoms. The zero-order chi connectivity index (χ0) is 15.1. The van der Waals surface area contributed by atoms with Crippen molar-refractivity contribution in [1.29, 1.82) is 0 Å². The summed E-state index contributed by atoms with van der Waals surface area (Å²) in [6, 6.07) is 4.24. The largest absolute Gasteiger partial charge is 0.481 e. The van der Waals surface area contributed by atoms with Crippen LogP contribution in [0.1, 0.15) is 36.5 Å². The number of alkyl halides is 2. The number of hydrogen-bond acceptors (Lipinski definition) is 3. The van der Waals surface area contributed by atoms with Gasteiger partial charge in [-0.25, -0.2) is 8.78 Å². The summed E-state index contributed by atoms with van der Waals surface area (Å²) >= 11 is 0. The molecule has 0 aliphatic heterocycles. The van der Waals surface area contributed by atoms with Crippen LogP contribution in [0.5, 0.6) is 0 Å². The standard InChI is InChI=1S/C14H16F2O4/c1-2-20-13(19)8-11-9(6-7-12(17)18)4-3-5-10(11)14(15)16/h3-5,14H,2,6-8H2,1H3,(H,17,18). The Balaban J connectivity index is 3.05. The normalized spacial score (nSPS) is 10.6. The Labute approximate surface area is 115 Å². The van der Waals surface area contributed by atoms with Crippen LogP contribution in [-0.4, -0.2) is 23.7 Å². The van der Waals surface area contributed by atoms with E-state index in [0.29, 0.717) is 5.56 Å². The first-order valence-corrected chi connectivity index (χ1v) is 6.22. The molecule has 0 aromatic heterocycles. The van der Waals surface area contributed by atoms with Gasteiger partial charge in [0.25, 0.3) is 6.43 Å². The van der Waals surface area contributed by atoms with Crippen LogP contribution >= 0.6 is 0 Å². The Morgan fingerprint density at radius 1 is 1.35 bits per heavy atom. The molecule has 0 saturated carbocycles. The molecule has 0 aliphatic carbocycles. The van der Waals surface area contributed by atoms with Crippen molar-refractivity contribution in [3.8, 4) is 0 Å². The predicted octanol–water partition coefficient (Wildman–Crippen LogP) is 2.75. The summed E-state index contributed by atoms with van der Waals surface area (Å²) in [5, 5.41) is 8.67. The number of esters is 1. The number of hydrogen-bond donors (Lipinski definition) is 1. The van der Waals surface area contributed by atoms with Gasteiger partial charge in [-0.3, -0.25) is 9.59 Å². The van der Waals surface area contributed by atoms with Crippen LogP contribution in [0.2, 0.25) is 0 Å². The second kappa shape index (κ2) is 7.57. The SMILES string of the molecule is CCOC(=O)Cc1c(CCC(=O)O)cccc1C(F)F. The summed E-state index contributed by atoms with van der Waals surface area (Å²) in [5.41, 5.74) is 0.362. The van der Waals surface area contributed by atoms with E-state index in [1.807, 2.05) is 0 Å². The highest BCUT2D eigenvalue weighted by molar-refractivity contribution is 5.74. The minimum atomic E-state index is -2.72. The highest BCUT2D eigenvalue weighted by Gasteiger charge is 2.19.